The zero-order valence-electron chi connectivity index (χ0n) is 13.0. The van der Waals surface area contributed by atoms with E-state index in [9.17, 15) is 13.6 Å². The maximum Gasteiger partial charge on any atom is 0.319 e. The molecule has 6 heteroatoms. The number of carbonyl (C=O) groups is 1. The van der Waals surface area contributed by atoms with Gasteiger partial charge >= 0.3 is 6.03 Å². The number of rotatable bonds is 4. The molecule has 0 saturated carbocycles. The minimum atomic E-state index is -0.779. The molecule has 22 heavy (non-hydrogen) atoms. The lowest BCUT2D eigenvalue weighted by Gasteiger charge is -2.35. The quantitative estimate of drug-likeness (QED) is 0.897. The lowest BCUT2D eigenvalue weighted by atomic mass is 9.97. The Morgan fingerprint density at radius 3 is 2.86 bits per heavy atom. The van der Waals surface area contributed by atoms with Crippen LogP contribution in [0.5, 0.6) is 0 Å². The Morgan fingerprint density at radius 2 is 2.18 bits per heavy atom. The van der Waals surface area contributed by atoms with E-state index in [1.807, 2.05) is 0 Å². The summed E-state index contributed by atoms with van der Waals surface area (Å²) in [5, 5.41) is 5.17. The smallest absolute Gasteiger partial charge is 0.319 e. The van der Waals surface area contributed by atoms with Crippen molar-refractivity contribution in [3.63, 3.8) is 0 Å². The van der Waals surface area contributed by atoms with Crippen molar-refractivity contribution in [2.24, 2.45) is 5.92 Å². The van der Waals surface area contributed by atoms with Crippen LogP contribution in [0.15, 0.2) is 18.2 Å². The van der Waals surface area contributed by atoms with E-state index in [-0.39, 0.29) is 5.69 Å². The summed E-state index contributed by atoms with van der Waals surface area (Å²) in [6.07, 6.45) is 2.20. The van der Waals surface area contributed by atoms with E-state index >= 15 is 0 Å². The van der Waals surface area contributed by atoms with Crippen LogP contribution in [0.2, 0.25) is 0 Å². The second-order valence-corrected chi connectivity index (χ2v) is 6.06. The van der Waals surface area contributed by atoms with Gasteiger partial charge in [-0.25, -0.2) is 13.6 Å². The number of carbonyl (C=O) groups excluding carboxylic acids is 1. The number of piperidine rings is 1. The monoisotopic (exact) mass is 311 g/mol. The minimum absolute atomic E-state index is 0.0219. The number of nitrogens with one attached hydrogen (secondary N) is 2. The van der Waals surface area contributed by atoms with E-state index in [2.05, 4.69) is 29.4 Å². The third-order valence-electron chi connectivity index (χ3n) is 4.01. The Kier molecular flexibility index (Phi) is 5.71. The predicted octanol–water partition coefficient (Wildman–Crippen LogP) is 3.21. The molecule has 0 radical (unpaired) electrons. The molecule has 1 atom stereocenters. The van der Waals surface area contributed by atoms with E-state index < -0.39 is 17.7 Å². The second-order valence-electron chi connectivity index (χ2n) is 6.06. The topological polar surface area (TPSA) is 44.4 Å². The number of halogens is 2. The van der Waals surface area contributed by atoms with Gasteiger partial charge in [0.05, 0.1) is 5.69 Å². The summed E-state index contributed by atoms with van der Waals surface area (Å²) in [4.78, 5) is 14.2. The number of urea groups is 1. The molecule has 2 amide bonds. The summed E-state index contributed by atoms with van der Waals surface area (Å²) in [5.41, 5.74) is -0.0219. The number of likely N-dealkylation sites (tertiary alicyclic amines) is 1. The van der Waals surface area contributed by atoms with Crippen molar-refractivity contribution in [3.8, 4) is 0 Å². The maximum absolute atomic E-state index is 13.5. The molecule has 0 unspecified atom stereocenters. The van der Waals surface area contributed by atoms with Crippen LogP contribution in [0.3, 0.4) is 0 Å². The van der Waals surface area contributed by atoms with E-state index in [4.69, 9.17) is 0 Å². The largest absolute Gasteiger partial charge is 0.338 e. The highest BCUT2D eigenvalue weighted by Crippen LogP contribution is 2.18. The highest BCUT2D eigenvalue weighted by atomic mass is 19.1. The van der Waals surface area contributed by atoms with Crippen LogP contribution in [-0.4, -0.2) is 36.6 Å². The van der Waals surface area contributed by atoms with Crippen molar-refractivity contribution in [2.75, 3.05) is 25.0 Å². The number of anilines is 1. The molecule has 1 fully saturated rings. The molecule has 1 aromatic carbocycles. The van der Waals surface area contributed by atoms with Gasteiger partial charge in [0.25, 0.3) is 0 Å². The fourth-order valence-electron chi connectivity index (χ4n) is 2.73. The van der Waals surface area contributed by atoms with Crippen molar-refractivity contribution >= 4 is 11.7 Å². The van der Waals surface area contributed by atoms with E-state index in [0.717, 1.165) is 38.1 Å². The number of hydrogen-bond donors (Lipinski definition) is 2. The van der Waals surface area contributed by atoms with Crippen molar-refractivity contribution in [1.82, 2.24) is 10.2 Å². The molecule has 2 N–H and O–H groups in total. The van der Waals surface area contributed by atoms with E-state index in [0.29, 0.717) is 18.5 Å². The number of amides is 2. The summed E-state index contributed by atoms with van der Waals surface area (Å²) < 4.78 is 26.3. The fraction of sp³-hybridized carbons (Fsp3) is 0.562. The third kappa shape index (κ3) is 4.66. The molecular formula is C16H23F2N3O. The average molecular weight is 311 g/mol. The number of nitrogens with zero attached hydrogens (tertiary/aromatic N) is 1. The maximum atomic E-state index is 13.5. The Morgan fingerprint density at radius 1 is 1.41 bits per heavy atom. The predicted molar refractivity (Wildman–Crippen MR) is 82.8 cm³/mol. The number of hydrogen-bond acceptors (Lipinski definition) is 2. The van der Waals surface area contributed by atoms with Gasteiger partial charge in [0.15, 0.2) is 0 Å². The molecule has 0 aromatic heterocycles. The van der Waals surface area contributed by atoms with E-state index in [1.54, 1.807) is 0 Å². The van der Waals surface area contributed by atoms with Crippen LogP contribution >= 0.6 is 0 Å². The first-order chi connectivity index (χ1) is 10.5. The van der Waals surface area contributed by atoms with Gasteiger partial charge in [0, 0.05) is 25.2 Å². The first kappa shape index (κ1) is 16.7. The van der Waals surface area contributed by atoms with Crippen LogP contribution in [-0.2, 0) is 0 Å². The normalized spacial score (nSPS) is 19.2. The van der Waals surface area contributed by atoms with Crippen molar-refractivity contribution in [2.45, 2.75) is 32.7 Å². The van der Waals surface area contributed by atoms with Gasteiger partial charge in [-0.05, 0) is 51.3 Å². The summed E-state index contributed by atoms with van der Waals surface area (Å²) in [7, 11) is 0. The SMILES string of the molecule is CC(C)N1CCC[C@@H](CNC(=O)Nc2ccc(F)cc2F)C1. The highest BCUT2D eigenvalue weighted by Gasteiger charge is 2.22. The molecule has 0 spiro atoms. The molecule has 1 aliphatic heterocycles. The Bertz CT molecular complexity index is 522. The summed E-state index contributed by atoms with van der Waals surface area (Å²) in [6, 6.07) is 3.11. The van der Waals surface area contributed by atoms with Gasteiger partial charge in [-0.1, -0.05) is 0 Å². The van der Waals surface area contributed by atoms with Gasteiger partial charge in [0.2, 0.25) is 0 Å². The van der Waals surface area contributed by atoms with Crippen molar-refractivity contribution in [3.05, 3.63) is 29.8 Å². The zero-order valence-corrected chi connectivity index (χ0v) is 13.0. The van der Waals surface area contributed by atoms with Gasteiger partial charge in [-0.2, -0.15) is 0 Å². The van der Waals surface area contributed by atoms with Crippen LogP contribution < -0.4 is 10.6 Å². The lowest BCUT2D eigenvalue weighted by Crippen LogP contribution is -2.44. The van der Waals surface area contributed by atoms with Gasteiger partial charge in [-0.15, -0.1) is 0 Å². The van der Waals surface area contributed by atoms with Gasteiger partial charge in [-0.3, -0.25) is 0 Å². The molecule has 4 nitrogen and oxygen atoms in total. The van der Waals surface area contributed by atoms with E-state index in [1.165, 1.54) is 6.07 Å². The standard InChI is InChI=1S/C16H23F2N3O/c1-11(2)21-7-3-4-12(10-21)9-19-16(22)20-15-6-5-13(17)8-14(15)18/h5-6,8,11-12H,3-4,7,9-10H2,1-2H3,(H2,19,20,22)/t12-/m0/s1. The minimum Gasteiger partial charge on any atom is -0.338 e. The summed E-state index contributed by atoms with van der Waals surface area (Å²) in [5.74, 6) is -1.04. The van der Waals surface area contributed by atoms with Crippen LogP contribution in [0.4, 0.5) is 19.3 Å². The molecular weight excluding hydrogens is 288 g/mol. The van der Waals surface area contributed by atoms with Crippen molar-refractivity contribution < 1.29 is 13.6 Å². The Balaban J connectivity index is 1.80. The Labute approximate surface area is 129 Å². The highest BCUT2D eigenvalue weighted by molar-refractivity contribution is 5.89. The van der Waals surface area contributed by atoms with Crippen LogP contribution in [0.1, 0.15) is 26.7 Å². The first-order valence-electron chi connectivity index (χ1n) is 7.69. The molecule has 1 aromatic rings. The molecule has 1 heterocycles. The zero-order chi connectivity index (χ0) is 16.1. The Hall–Kier alpha value is -1.69. The molecule has 2 rings (SSSR count). The molecule has 1 aliphatic rings. The third-order valence-corrected chi connectivity index (χ3v) is 4.01. The second kappa shape index (κ2) is 7.54. The number of benzene rings is 1. The summed E-state index contributed by atoms with van der Waals surface area (Å²) in [6.45, 7) is 6.95. The summed E-state index contributed by atoms with van der Waals surface area (Å²) >= 11 is 0. The molecule has 1 saturated heterocycles. The van der Waals surface area contributed by atoms with Crippen LogP contribution in [0, 0.1) is 17.6 Å². The molecule has 0 aliphatic carbocycles. The van der Waals surface area contributed by atoms with Gasteiger partial charge in [0.1, 0.15) is 11.6 Å². The fourth-order valence-corrected chi connectivity index (χ4v) is 2.73. The first-order valence-corrected chi connectivity index (χ1v) is 7.69. The van der Waals surface area contributed by atoms with Crippen molar-refractivity contribution in [1.29, 1.82) is 0 Å². The molecule has 122 valence electrons. The lowest BCUT2D eigenvalue weighted by molar-refractivity contribution is 0.139. The van der Waals surface area contributed by atoms with Crippen LogP contribution in [0.25, 0.3) is 0 Å². The van der Waals surface area contributed by atoms with Gasteiger partial charge < -0.3 is 15.5 Å². The molecule has 0 bridgehead atoms. The average Bonchev–Trinajstić information content (AvgIpc) is 2.48.